The van der Waals surface area contributed by atoms with Gasteiger partial charge in [0.15, 0.2) is 5.17 Å². The Morgan fingerprint density at radius 2 is 1.93 bits per heavy atom. The molecule has 0 atom stereocenters. The second kappa shape index (κ2) is 8.35. The molecule has 2 aromatic carbocycles. The third-order valence-corrected chi connectivity index (χ3v) is 5.50. The first-order valence-corrected chi connectivity index (χ1v) is 10.1. The average molecular weight is 460 g/mol. The van der Waals surface area contributed by atoms with Crippen molar-refractivity contribution in [3.8, 4) is 11.3 Å². The van der Waals surface area contributed by atoms with Crippen LogP contribution in [0.15, 0.2) is 68.9 Å². The van der Waals surface area contributed by atoms with Gasteiger partial charge in [-0.2, -0.15) is 0 Å². The van der Waals surface area contributed by atoms with E-state index in [2.05, 4.69) is 10.3 Å². The van der Waals surface area contributed by atoms with Crippen LogP contribution in [0.1, 0.15) is 5.76 Å². The molecule has 1 fully saturated rings. The van der Waals surface area contributed by atoms with Gasteiger partial charge in [0, 0.05) is 17.2 Å². The van der Waals surface area contributed by atoms with Crippen LogP contribution in [-0.4, -0.2) is 16.0 Å². The van der Waals surface area contributed by atoms with E-state index in [0.717, 1.165) is 11.8 Å². The number of amides is 1. The first-order chi connectivity index (χ1) is 14.4. The number of amidine groups is 1. The molecule has 1 aliphatic rings. The van der Waals surface area contributed by atoms with Gasteiger partial charge in [-0.3, -0.25) is 14.9 Å². The summed E-state index contributed by atoms with van der Waals surface area (Å²) in [6.45, 7) is 0. The quantitative estimate of drug-likeness (QED) is 0.290. The summed E-state index contributed by atoms with van der Waals surface area (Å²) in [6.07, 6.45) is 1.55. The molecule has 0 spiro atoms. The minimum atomic E-state index is -0.471. The maximum atomic E-state index is 12.3. The second-order valence-corrected chi connectivity index (χ2v) is 7.93. The summed E-state index contributed by atoms with van der Waals surface area (Å²) >= 11 is 13.1. The van der Waals surface area contributed by atoms with Crippen LogP contribution in [0.25, 0.3) is 17.4 Å². The van der Waals surface area contributed by atoms with E-state index in [-0.39, 0.29) is 11.6 Å². The van der Waals surface area contributed by atoms with E-state index in [1.165, 1.54) is 6.07 Å². The first kappa shape index (κ1) is 20.2. The van der Waals surface area contributed by atoms with Gasteiger partial charge < -0.3 is 9.73 Å². The molecule has 1 N–H and O–H groups in total. The zero-order valence-corrected chi connectivity index (χ0v) is 17.3. The number of halogens is 2. The van der Waals surface area contributed by atoms with Crippen LogP contribution >= 0.6 is 35.0 Å². The van der Waals surface area contributed by atoms with Crippen LogP contribution in [0.4, 0.5) is 11.4 Å². The number of aliphatic imine (C=N–C) groups is 1. The molecule has 1 saturated heterocycles. The SMILES string of the molecule is O=C1NC(=Nc2ccc(Cl)cc2Cl)S/C1=C/c1ccc(-c2ccccc2[N+](=O)[O-])o1. The molecule has 0 bridgehead atoms. The number of para-hydroxylation sites is 1. The third kappa shape index (κ3) is 4.25. The third-order valence-electron chi connectivity index (χ3n) is 4.05. The van der Waals surface area contributed by atoms with Crippen molar-refractivity contribution in [3.05, 3.63) is 85.4 Å². The topological polar surface area (TPSA) is 97.7 Å². The van der Waals surface area contributed by atoms with Crippen molar-refractivity contribution in [2.45, 2.75) is 0 Å². The summed E-state index contributed by atoms with van der Waals surface area (Å²) in [4.78, 5) is 27.7. The molecular weight excluding hydrogens is 449 g/mol. The number of hydrogen-bond donors (Lipinski definition) is 1. The summed E-state index contributed by atoms with van der Waals surface area (Å²) in [6, 6.07) is 14.4. The molecule has 3 aromatic rings. The number of nitro benzene ring substituents is 1. The van der Waals surface area contributed by atoms with E-state index < -0.39 is 4.92 Å². The number of carbonyl (C=O) groups is 1. The Balaban J connectivity index is 1.59. The van der Waals surface area contributed by atoms with E-state index in [9.17, 15) is 14.9 Å². The molecular formula is C20H11Cl2N3O4S. The number of furan rings is 1. The van der Waals surface area contributed by atoms with Crippen molar-refractivity contribution >= 4 is 63.5 Å². The van der Waals surface area contributed by atoms with Crippen molar-refractivity contribution in [2.24, 2.45) is 4.99 Å². The summed E-state index contributed by atoms with van der Waals surface area (Å²) in [5.74, 6) is 0.374. The van der Waals surface area contributed by atoms with Crippen molar-refractivity contribution in [1.29, 1.82) is 0 Å². The molecule has 30 heavy (non-hydrogen) atoms. The minimum Gasteiger partial charge on any atom is -0.456 e. The van der Waals surface area contributed by atoms with Gasteiger partial charge in [0.2, 0.25) is 0 Å². The smallest absolute Gasteiger partial charge is 0.280 e. The molecule has 1 aromatic heterocycles. The number of thioether (sulfide) groups is 1. The van der Waals surface area contributed by atoms with Gasteiger partial charge in [-0.15, -0.1) is 0 Å². The normalized spacial score (nSPS) is 16.3. The molecule has 4 rings (SSSR count). The molecule has 0 saturated carbocycles. The van der Waals surface area contributed by atoms with Gasteiger partial charge in [-0.1, -0.05) is 35.3 Å². The highest BCUT2D eigenvalue weighted by molar-refractivity contribution is 8.18. The number of carbonyl (C=O) groups excluding carboxylic acids is 1. The largest absolute Gasteiger partial charge is 0.456 e. The Morgan fingerprint density at radius 1 is 1.13 bits per heavy atom. The molecule has 7 nitrogen and oxygen atoms in total. The van der Waals surface area contributed by atoms with E-state index in [1.54, 1.807) is 54.6 Å². The maximum Gasteiger partial charge on any atom is 0.280 e. The lowest BCUT2D eigenvalue weighted by molar-refractivity contribution is -0.384. The van der Waals surface area contributed by atoms with Crippen LogP contribution in [0, 0.1) is 10.1 Å². The molecule has 150 valence electrons. The lowest BCUT2D eigenvalue weighted by Crippen LogP contribution is -2.19. The summed E-state index contributed by atoms with van der Waals surface area (Å²) in [5, 5.41) is 15.1. The van der Waals surface area contributed by atoms with Crippen LogP contribution in [-0.2, 0) is 4.79 Å². The number of rotatable bonds is 4. The fourth-order valence-corrected chi connectivity index (χ4v) is 3.97. The van der Waals surface area contributed by atoms with E-state index >= 15 is 0 Å². The molecule has 1 amide bonds. The van der Waals surface area contributed by atoms with Gasteiger partial charge >= 0.3 is 0 Å². The lowest BCUT2D eigenvalue weighted by atomic mass is 10.1. The second-order valence-electron chi connectivity index (χ2n) is 6.05. The molecule has 1 aliphatic heterocycles. The predicted molar refractivity (Wildman–Crippen MR) is 118 cm³/mol. The minimum absolute atomic E-state index is 0.0618. The number of nitro groups is 1. The average Bonchev–Trinajstić information content (AvgIpc) is 3.31. The van der Waals surface area contributed by atoms with Gasteiger partial charge in [-0.05, 0) is 48.2 Å². The molecule has 2 heterocycles. The van der Waals surface area contributed by atoms with Crippen molar-refractivity contribution in [2.75, 3.05) is 0 Å². The van der Waals surface area contributed by atoms with Crippen molar-refractivity contribution in [3.63, 3.8) is 0 Å². The van der Waals surface area contributed by atoms with Crippen LogP contribution in [0.3, 0.4) is 0 Å². The first-order valence-electron chi connectivity index (χ1n) is 8.49. The number of nitrogens with zero attached hydrogens (tertiary/aromatic N) is 2. The Bertz CT molecular complexity index is 1240. The van der Waals surface area contributed by atoms with E-state index in [0.29, 0.717) is 42.9 Å². The Morgan fingerprint density at radius 3 is 2.70 bits per heavy atom. The highest BCUT2D eigenvalue weighted by Crippen LogP contribution is 2.34. The van der Waals surface area contributed by atoms with Crippen LogP contribution in [0.2, 0.25) is 10.0 Å². The fourth-order valence-electron chi connectivity index (χ4n) is 2.71. The Hall–Kier alpha value is -3.07. The summed E-state index contributed by atoms with van der Waals surface area (Å²) in [5.41, 5.74) is 0.769. The highest BCUT2D eigenvalue weighted by Gasteiger charge is 2.25. The molecule has 0 aliphatic carbocycles. The zero-order chi connectivity index (χ0) is 21.3. The maximum absolute atomic E-state index is 12.3. The molecule has 10 heteroatoms. The van der Waals surface area contributed by atoms with Gasteiger partial charge in [0.05, 0.1) is 26.1 Å². The monoisotopic (exact) mass is 459 g/mol. The van der Waals surface area contributed by atoms with Crippen molar-refractivity contribution in [1.82, 2.24) is 5.32 Å². The zero-order valence-electron chi connectivity index (χ0n) is 15.0. The van der Waals surface area contributed by atoms with Crippen LogP contribution in [0.5, 0.6) is 0 Å². The Kier molecular flexibility index (Phi) is 5.63. The predicted octanol–water partition coefficient (Wildman–Crippen LogP) is 6.05. The van der Waals surface area contributed by atoms with Gasteiger partial charge in [-0.25, -0.2) is 4.99 Å². The standard InChI is InChI=1S/C20H11Cl2N3O4S/c21-11-5-7-15(14(22)9-11)23-20-24-19(26)18(30-20)10-12-6-8-17(29-12)13-3-1-2-4-16(13)25(27)28/h1-10H,(H,23,24,26)/b18-10+. The number of nitrogens with one attached hydrogen (secondary N) is 1. The van der Waals surface area contributed by atoms with Gasteiger partial charge in [0.25, 0.3) is 11.6 Å². The lowest BCUT2D eigenvalue weighted by Gasteiger charge is -1.99. The summed E-state index contributed by atoms with van der Waals surface area (Å²) < 4.78 is 5.71. The number of benzene rings is 2. The highest BCUT2D eigenvalue weighted by atomic mass is 35.5. The van der Waals surface area contributed by atoms with E-state index in [4.69, 9.17) is 27.6 Å². The van der Waals surface area contributed by atoms with Crippen LogP contribution < -0.4 is 5.32 Å². The molecule has 0 radical (unpaired) electrons. The Labute approximate surface area is 184 Å². The molecule has 0 unspecified atom stereocenters. The fraction of sp³-hybridized carbons (Fsp3) is 0. The van der Waals surface area contributed by atoms with Gasteiger partial charge in [0.1, 0.15) is 11.5 Å². The number of hydrogen-bond acceptors (Lipinski definition) is 6. The summed E-state index contributed by atoms with van der Waals surface area (Å²) in [7, 11) is 0. The van der Waals surface area contributed by atoms with Crippen molar-refractivity contribution < 1.29 is 14.1 Å². The van der Waals surface area contributed by atoms with E-state index in [1.807, 2.05) is 0 Å².